The third-order valence-corrected chi connectivity index (χ3v) is 6.06. The van der Waals surface area contributed by atoms with E-state index in [-0.39, 0.29) is 30.4 Å². The van der Waals surface area contributed by atoms with E-state index in [1.165, 1.54) is 22.2 Å². The molecule has 0 aliphatic carbocycles. The highest BCUT2D eigenvalue weighted by atomic mass is 32.1. The predicted octanol–water partition coefficient (Wildman–Crippen LogP) is 3.65. The molecule has 3 heterocycles. The van der Waals surface area contributed by atoms with Gasteiger partial charge in [0.2, 0.25) is 0 Å². The van der Waals surface area contributed by atoms with Crippen LogP contribution in [0.5, 0.6) is 5.75 Å². The van der Waals surface area contributed by atoms with E-state index >= 15 is 0 Å². The number of amides is 1. The van der Waals surface area contributed by atoms with Crippen LogP contribution >= 0.6 is 11.3 Å². The van der Waals surface area contributed by atoms with Gasteiger partial charge in [0.15, 0.2) is 12.4 Å². The summed E-state index contributed by atoms with van der Waals surface area (Å²) in [6.45, 7) is 1.80. The first-order valence-corrected chi connectivity index (χ1v) is 10.5. The second-order valence-corrected chi connectivity index (χ2v) is 8.20. The number of Topliss-reactive ketones (excluding diaryl/α,β-unsaturated/α-hetero) is 1. The largest absolute Gasteiger partial charge is 0.482 e. The smallest absolute Gasteiger partial charge is 0.263 e. The fraction of sp³-hybridized carbons (Fsp3) is 0.130. The Kier molecular flexibility index (Phi) is 4.63. The SMILES string of the molecule is Cc1ccc(-c2csc3ncn(CC(=O)c4ccc5c(c4)NC(=O)CO5)c(=O)c23)cc1. The summed E-state index contributed by atoms with van der Waals surface area (Å²) in [5, 5.41) is 5.11. The van der Waals surface area contributed by atoms with Crippen molar-refractivity contribution in [3.05, 3.63) is 75.7 Å². The van der Waals surface area contributed by atoms with E-state index in [4.69, 9.17) is 4.74 Å². The van der Waals surface area contributed by atoms with Gasteiger partial charge in [-0.15, -0.1) is 11.3 Å². The van der Waals surface area contributed by atoms with E-state index in [0.717, 1.165) is 16.7 Å². The number of ketones is 1. The van der Waals surface area contributed by atoms with Crippen molar-refractivity contribution < 1.29 is 14.3 Å². The van der Waals surface area contributed by atoms with Crippen LogP contribution in [0.25, 0.3) is 21.3 Å². The fourth-order valence-corrected chi connectivity index (χ4v) is 4.43. The van der Waals surface area contributed by atoms with Gasteiger partial charge >= 0.3 is 0 Å². The number of anilines is 1. The van der Waals surface area contributed by atoms with E-state index in [2.05, 4.69) is 10.3 Å². The molecule has 2 aromatic carbocycles. The highest BCUT2D eigenvalue weighted by Crippen LogP contribution is 2.31. The van der Waals surface area contributed by atoms with Crippen molar-refractivity contribution in [2.75, 3.05) is 11.9 Å². The Hall–Kier alpha value is -3.78. The summed E-state index contributed by atoms with van der Waals surface area (Å²) >= 11 is 1.40. The molecule has 8 heteroatoms. The molecule has 1 aliphatic heterocycles. The monoisotopic (exact) mass is 431 g/mol. The van der Waals surface area contributed by atoms with Gasteiger partial charge in [-0.3, -0.25) is 19.0 Å². The topological polar surface area (TPSA) is 90.3 Å². The van der Waals surface area contributed by atoms with Crippen LogP contribution in [0.3, 0.4) is 0 Å². The van der Waals surface area contributed by atoms with Crippen LogP contribution in [-0.4, -0.2) is 27.8 Å². The van der Waals surface area contributed by atoms with Crippen molar-refractivity contribution >= 4 is 38.9 Å². The van der Waals surface area contributed by atoms with Crippen LogP contribution in [0.2, 0.25) is 0 Å². The molecular weight excluding hydrogens is 414 g/mol. The van der Waals surface area contributed by atoms with Crippen LogP contribution in [0.15, 0.2) is 59.0 Å². The van der Waals surface area contributed by atoms with Crippen LogP contribution in [0.4, 0.5) is 5.69 Å². The lowest BCUT2D eigenvalue weighted by molar-refractivity contribution is -0.118. The molecule has 0 atom stereocenters. The molecule has 0 bridgehead atoms. The van der Waals surface area contributed by atoms with Crippen molar-refractivity contribution in [1.82, 2.24) is 9.55 Å². The number of nitrogens with one attached hydrogen (secondary N) is 1. The number of hydrogen-bond acceptors (Lipinski definition) is 6. The van der Waals surface area contributed by atoms with Crippen LogP contribution < -0.4 is 15.6 Å². The van der Waals surface area contributed by atoms with Gasteiger partial charge in [0.1, 0.15) is 10.6 Å². The minimum Gasteiger partial charge on any atom is -0.482 e. The summed E-state index contributed by atoms with van der Waals surface area (Å²) in [4.78, 5) is 42.6. The summed E-state index contributed by atoms with van der Waals surface area (Å²) in [6.07, 6.45) is 1.40. The van der Waals surface area contributed by atoms with E-state index in [1.807, 2.05) is 36.6 Å². The molecule has 4 aromatic rings. The van der Waals surface area contributed by atoms with E-state index in [0.29, 0.717) is 27.2 Å². The fourth-order valence-electron chi connectivity index (χ4n) is 3.53. The molecular formula is C23H17N3O4S. The number of carbonyl (C=O) groups excluding carboxylic acids is 2. The number of nitrogens with zero attached hydrogens (tertiary/aromatic N) is 2. The average molecular weight is 431 g/mol. The van der Waals surface area contributed by atoms with E-state index in [9.17, 15) is 14.4 Å². The van der Waals surface area contributed by atoms with Crippen LogP contribution in [-0.2, 0) is 11.3 Å². The first kappa shape index (κ1) is 19.2. The zero-order valence-electron chi connectivity index (χ0n) is 16.5. The van der Waals surface area contributed by atoms with Crippen LogP contribution in [0, 0.1) is 6.92 Å². The summed E-state index contributed by atoms with van der Waals surface area (Å²) < 4.78 is 6.65. The summed E-state index contributed by atoms with van der Waals surface area (Å²) in [6, 6.07) is 12.8. The van der Waals surface area contributed by atoms with Crippen molar-refractivity contribution in [2.24, 2.45) is 0 Å². The molecule has 0 fully saturated rings. The molecule has 1 N–H and O–H groups in total. The Labute approximate surface area is 180 Å². The first-order valence-electron chi connectivity index (χ1n) is 9.63. The van der Waals surface area contributed by atoms with Gasteiger partial charge in [0.05, 0.1) is 23.9 Å². The van der Waals surface area contributed by atoms with E-state index in [1.54, 1.807) is 18.2 Å². The number of fused-ring (bicyclic) bond motifs is 2. The van der Waals surface area contributed by atoms with Crippen molar-refractivity contribution in [1.29, 1.82) is 0 Å². The molecule has 0 unspecified atom stereocenters. The Morgan fingerprint density at radius 3 is 2.81 bits per heavy atom. The maximum absolute atomic E-state index is 13.2. The van der Waals surface area contributed by atoms with Gasteiger partial charge in [-0.25, -0.2) is 4.98 Å². The Morgan fingerprint density at radius 2 is 2.00 bits per heavy atom. The molecule has 7 nitrogen and oxygen atoms in total. The van der Waals surface area contributed by atoms with Crippen molar-refractivity contribution in [2.45, 2.75) is 13.5 Å². The second-order valence-electron chi connectivity index (χ2n) is 7.34. The Balaban J connectivity index is 1.49. The number of carbonyl (C=O) groups is 2. The third kappa shape index (κ3) is 3.51. The molecule has 0 radical (unpaired) electrons. The zero-order valence-corrected chi connectivity index (χ0v) is 17.4. The lowest BCUT2D eigenvalue weighted by Gasteiger charge is -2.18. The Bertz CT molecular complexity index is 1400. The average Bonchev–Trinajstić information content (AvgIpc) is 3.20. The van der Waals surface area contributed by atoms with Crippen molar-refractivity contribution in [3.8, 4) is 16.9 Å². The van der Waals surface area contributed by atoms with Crippen LogP contribution in [0.1, 0.15) is 15.9 Å². The number of thiophene rings is 1. The van der Waals surface area contributed by atoms with Gasteiger partial charge in [-0.2, -0.15) is 0 Å². The zero-order chi connectivity index (χ0) is 21.5. The second kappa shape index (κ2) is 7.48. The molecule has 1 aliphatic rings. The quantitative estimate of drug-likeness (QED) is 0.498. The maximum atomic E-state index is 13.2. The van der Waals surface area contributed by atoms with Crippen molar-refractivity contribution in [3.63, 3.8) is 0 Å². The normalized spacial score (nSPS) is 12.9. The molecule has 0 spiro atoms. The summed E-state index contributed by atoms with van der Waals surface area (Å²) in [5.74, 6) is -0.0283. The standard InChI is InChI=1S/C23H17N3O4S/c1-13-2-4-14(5-3-13)16-11-31-22-21(16)23(29)26(12-24-22)9-18(27)15-6-7-19-17(8-15)25-20(28)10-30-19/h2-8,11-12H,9-10H2,1H3,(H,25,28). The highest BCUT2D eigenvalue weighted by molar-refractivity contribution is 7.17. The van der Waals surface area contributed by atoms with Gasteiger partial charge in [-0.1, -0.05) is 29.8 Å². The molecule has 5 rings (SSSR count). The first-order chi connectivity index (χ1) is 15.0. The lowest BCUT2D eigenvalue weighted by atomic mass is 10.0. The number of aryl methyl sites for hydroxylation is 1. The third-order valence-electron chi connectivity index (χ3n) is 5.17. The minimum atomic E-state index is -0.274. The van der Waals surface area contributed by atoms with Gasteiger partial charge < -0.3 is 10.1 Å². The summed E-state index contributed by atoms with van der Waals surface area (Å²) in [5.41, 5.74) is 3.45. The molecule has 2 aromatic heterocycles. The number of rotatable bonds is 4. The van der Waals surface area contributed by atoms with Gasteiger partial charge in [-0.05, 0) is 30.7 Å². The number of benzene rings is 2. The molecule has 31 heavy (non-hydrogen) atoms. The Morgan fingerprint density at radius 1 is 1.19 bits per heavy atom. The molecule has 154 valence electrons. The highest BCUT2D eigenvalue weighted by Gasteiger charge is 2.19. The molecule has 0 saturated heterocycles. The molecule has 0 saturated carbocycles. The predicted molar refractivity (Wildman–Crippen MR) is 119 cm³/mol. The lowest BCUT2D eigenvalue weighted by Crippen LogP contribution is -2.26. The number of hydrogen-bond donors (Lipinski definition) is 1. The molecule has 1 amide bonds. The number of aromatic nitrogens is 2. The minimum absolute atomic E-state index is 0.0503. The maximum Gasteiger partial charge on any atom is 0.263 e. The van der Waals surface area contributed by atoms with Gasteiger partial charge in [0, 0.05) is 16.5 Å². The number of ether oxygens (including phenoxy) is 1. The van der Waals surface area contributed by atoms with E-state index < -0.39 is 0 Å². The van der Waals surface area contributed by atoms with Gasteiger partial charge in [0.25, 0.3) is 11.5 Å². The summed E-state index contributed by atoms with van der Waals surface area (Å²) in [7, 11) is 0.